The van der Waals surface area contributed by atoms with Crippen LogP contribution in [-0.2, 0) is 6.42 Å². The van der Waals surface area contributed by atoms with Crippen molar-refractivity contribution in [2.75, 3.05) is 7.05 Å². The van der Waals surface area contributed by atoms with Crippen molar-refractivity contribution in [3.8, 4) is 0 Å². The molecule has 2 rings (SSSR count). The van der Waals surface area contributed by atoms with E-state index < -0.39 is 0 Å². The zero-order valence-corrected chi connectivity index (χ0v) is 11.6. The third-order valence-corrected chi connectivity index (χ3v) is 4.27. The second kappa shape index (κ2) is 7.52. The molecule has 1 atom stereocenters. The van der Waals surface area contributed by atoms with Crippen LogP contribution in [0.15, 0.2) is 24.5 Å². The molecular weight excluding hydrogens is 220 g/mol. The highest BCUT2D eigenvalue weighted by Gasteiger charge is 2.20. The summed E-state index contributed by atoms with van der Waals surface area (Å²) in [5.74, 6) is 0.843. The van der Waals surface area contributed by atoms with E-state index in [1.807, 2.05) is 18.5 Å². The highest BCUT2D eigenvalue weighted by Crippen LogP contribution is 2.26. The molecule has 1 fully saturated rings. The second-order valence-corrected chi connectivity index (χ2v) is 5.57. The van der Waals surface area contributed by atoms with Gasteiger partial charge in [0, 0.05) is 18.4 Å². The lowest BCUT2D eigenvalue weighted by Crippen LogP contribution is -2.36. The van der Waals surface area contributed by atoms with Crippen LogP contribution in [-0.4, -0.2) is 18.1 Å². The topological polar surface area (TPSA) is 24.9 Å². The fourth-order valence-electron chi connectivity index (χ4n) is 3.17. The first-order valence-corrected chi connectivity index (χ1v) is 7.46. The van der Waals surface area contributed by atoms with Crippen LogP contribution in [0, 0.1) is 5.92 Å². The molecule has 0 aromatic carbocycles. The van der Waals surface area contributed by atoms with Crippen LogP contribution in [0.3, 0.4) is 0 Å². The van der Waals surface area contributed by atoms with Crippen molar-refractivity contribution in [2.45, 2.75) is 57.4 Å². The fourth-order valence-corrected chi connectivity index (χ4v) is 3.17. The minimum atomic E-state index is 0.618. The van der Waals surface area contributed by atoms with Crippen LogP contribution >= 0.6 is 0 Å². The second-order valence-electron chi connectivity index (χ2n) is 5.57. The van der Waals surface area contributed by atoms with Gasteiger partial charge in [-0.1, -0.05) is 38.2 Å². The molecule has 2 heteroatoms. The first kappa shape index (κ1) is 13.5. The van der Waals surface area contributed by atoms with Crippen molar-refractivity contribution in [1.29, 1.82) is 0 Å². The molecule has 2 nitrogen and oxygen atoms in total. The van der Waals surface area contributed by atoms with Gasteiger partial charge in [-0.3, -0.25) is 4.98 Å². The first-order chi connectivity index (χ1) is 8.90. The summed E-state index contributed by atoms with van der Waals surface area (Å²) in [5.41, 5.74) is 1.36. The maximum atomic E-state index is 4.22. The van der Waals surface area contributed by atoms with E-state index in [1.54, 1.807) is 0 Å². The van der Waals surface area contributed by atoms with E-state index in [-0.39, 0.29) is 0 Å². The van der Waals surface area contributed by atoms with E-state index in [0.717, 1.165) is 12.3 Å². The zero-order valence-electron chi connectivity index (χ0n) is 11.6. The van der Waals surface area contributed by atoms with Gasteiger partial charge >= 0.3 is 0 Å². The van der Waals surface area contributed by atoms with Gasteiger partial charge in [-0.2, -0.15) is 0 Å². The zero-order chi connectivity index (χ0) is 12.6. The van der Waals surface area contributed by atoms with Crippen molar-refractivity contribution in [3.05, 3.63) is 30.1 Å². The number of aromatic nitrogens is 1. The Bertz CT molecular complexity index is 315. The fraction of sp³-hybridized carbons (Fsp3) is 0.688. The van der Waals surface area contributed by atoms with Crippen LogP contribution in [0.2, 0.25) is 0 Å². The van der Waals surface area contributed by atoms with Gasteiger partial charge < -0.3 is 5.32 Å². The minimum absolute atomic E-state index is 0.618. The van der Waals surface area contributed by atoms with E-state index in [1.165, 1.54) is 50.5 Å². The number of likely N-dealkylation sites (N-methyl/N-ethyl adjacent to an activating group) is 1. The van der Waals surface area contributed by atoms with E-state index in [2.05, 4.69) is 23.4 Å². The van der Waals surface area contributed by atoms with E-state index >= 15 is 0 Å². The molecule has 1 heterocycles. The number of hydrogen-bond donors (Lipinski definition) is 1. The Labute approximate surface area is 111 Å². The summed E-state index contributed by atoms with van der Waals surface area (Å²) in [5, 5.41) is 3.54. The van der Waals surface area contributed by atoms with Gasteiger partial charge in [-0.15, -0.1) is 0 Å². The molecule has 1 aromatic rings. The first-order valence-electron chi connectivity index (χ1n) is 7.46. The molecule has 0 spiro atoms. The standard InChI is InChI=1S/C16H26N2/c1-17-16(12-14-8-7-11-18-13-14)15-9-5-3-2-4-6-10-15/h7-8,11,13,15-17H,2-6,9-10,12H2,1H3. The summed E-state index contributed by atoms with van der Waals surface area (Å²) >= 11 is 0. The Kier molecular flexibility index (Phi) is 5.66. The monoisotopic (exact) mass is 246 g/mol. The summed E-state index contributed by atoms with van der Waals surface area (Å²) in [6.45, 7) is 0. The summed E-state index contributed by atoms with van der Waals surface area (Å²) < 4.78 is 0. The third kappa shape index (κ3) is 4.09. The van der Waals surface area contributed by atoms with E-state index in [9.17, 15) is 0 Å². The highest BCUT2D eigenvalue weighted by atomic mass is 14.9. The van der Waals surface area contributed by atoms with Crippen molar-refractivity contribution in [1.82, 2.24) is 10.3 Å². The lowest BCUT2D eigenvalue weighted by molar-refractivity contribution is 0.293. The van der Waals surface area contributed by atoms with Crippen molar-refractivity contribution in [3.63, 3.8) is 0 Å². The molecule has 1 aliphatic rings. The lowest BCUT2D eigenvalue weighted by atomic mass is 9.83. The maximum Gasteiger partial charge on any atom is 0.0300 e. The maximum absolute atomic E-state index is 4.22. The molecule has 1 saturated carbocycles. The lowest BCUT2D eigenvalue weighted by Gasteiger charge is -2.28. The van der Waals surface area contributed by atoms with Gasteiger partial charge in [-0.25, -0.2) is 0 Å². The van der Waals surface area contributed by atoms with E-state index in [4.69, 9.17) is 0 Å². The molecule has 0 saturated heterocycles. The molecule has 1 aromatic heterocycles. The predicted octanol–water partition coefficient (Wildman–Crippen LogP) is 3.57. The Balaban J connectivity index is 1.93. The quantitative estimate of drug-likeness (QED) is 0.878. The number of rotatable bonds is 4. The molecule has 1 aliphatic carbocycles. The summed E-state index contributed by atoms with van der Waals surface area (Å²) in [6.07, 6.45) is 14.9. The highest BCUT2D eigenvalue weighted by molar-refractivity contribution is 5.10. The minimum Gasteiger partial charge on any atom is -0.316 e. The van der Waals surface area contributed by atoms with Crippen molar-refractivity contribution >= 4 is 0 Å². The SMILES string of the molecule is CNC(Cc1cccnc1)C1CCCCCCC1. The van der Waals surface area contributed by atoms with Gasteiger partial charge in [0.1, 0.15) is 0 Å². The Morgan fingerprint density at radius 2 is 1.94 bits per heavy atom. The molecule has 18 heavy (non-hydrogen) atoms. The predicted molar refractivity (Wildman–Crippen MR) is 76.6 cm³/mol. The molecule has 0 aliphatic heterocycles. The number of hydrogen-bond acceptors (Lipinski definition) is 2. The third-order valence-electron chi connectivity index (χ3n) is 4.27. The largest absolute Gasteiger partial charge is 0.316 e. The van der Waals surface area contributed by atoms with Gasteiger partial charge in [0.05, 0.1) is 0 Å². The van der Waals surface area contributed by atoms with Crippen molar-refractivity contribution in [2.24, 2.45) is 5.92 Å². The Morgan fingerprint density at radius 3 is 2.56 bits per heavy atom. The number of nitrogens with one attached hydrogen (secondary N) is 1. The molecule has 0 amide bonds. The Morgan fingerprint density at radius 1 is 1.22 bits per heavy atom. The van der Waals surface area contributed by atoms with E-state index in [0.29, 0.717) is 6.04 Å². The van der Waals surface area contributed by atoms with Gasteiger partial charge in [0.2, 0.25) is 0 Å². The van der Waals surface area contributed by atoms with Crippen LogP contribution in [0.1, 0.15) is 50.5 Å². The van der Waals surface area contributed by atoms with Gasteiger partial charge in [0.15, 0.2) is 0 Å². The molecule has 0 radical (unpaired) electrons. The van der Waals surface area contributed by atoms with Gasteiger partial charge in [0.25, 0.3) is 0 Å². The van der Waals surface area contributed by atoms with Crippen LogP contribution < -0.4 is 5.32 Å². The van der Waals surface area contributed by atoms with Gasteiger partial charge in [-0.05, 0) is 43.9 Å². The molecular formula is C16H26N2. The Hall–Kier alpha value is -0.890. The van der Waals surface area contributed by atoms with Crippen LogP contribution in [0.4, 0.5) is 0 Å². The smallest absolute Gasteiger partial charge is 0.0300 e. The van der Waals surface area contributed by atoms with Crippen LogP contribution in [0.5, 0.6) is 0 Å². The van der Waals surface area contributed by atoms with Crippen LogP contribution in [0.25, 0.3) is 0 Å². The average Bonchev–Trinajstić information content (AvgIpc) is 2.37. The average molecular weight is 246 g/mol. The number of pyridine rings is 1. The normalized spacial score (nSPS) is 20.1. The molecule has 1 N–H and O–H groups in total. The molecule has 0 bridgehead atoms. The number of nitrogens with zero attached hydrogens (tertiary/aromatic N) is 1. The van der Waals surface area contributed by atoms with Crippen molar-refractivity contribution < 1.29 is 0 Å². The molecule has 100 valence electrons. The molecule has 1 unspecified atom stereocenters. The summed E-state index contributed by atoms with van der Waals surface area (Å²) in [7, 11) is 2.11. The summed E-state index contributed by atoms with van der Waals surface area (Å²) in [6, 6.07) is 4.85. The summed E-state index contributed by atoms with van der Waals surface area (Å²) in [4.78, 5) is 4.22.